The highest BCUT2D eigenvalue weighted by molar-refractivity contribution is 7.15. The fourth-order valence-corrected chi connectivity index (χ4v) is 4.18. The summed E-state index contributed by atoms with van der Waals surface area (Å²) >= 11 is 1.26. The van der Waals surface area contributed by atoms with Gasteiger partial charge in [-0.2, -0.15) is 0 Å². The molecule has 168 valence electrons. The Morgan fingerprint density at radius 2 is 1.78 bits per heavy atom. The van der Waals surface area contributed by atoms with E-state index in [2.05, 4.69) is 12.2 Å². The summed E-state index contributed by atoms with van der Waals surface area (Å²) < 4.78 is 16.3. The minimum Gasteiger partial charge on any atom is -0.496 e. The van der Waals surface area contributed by atoms with E-state index in [1.807, 2.05) is 54.8 Å². The Bertz CT molecular complexity index is 1090. The monoisotopic (exact) mass is 453 g/mol. The first-order chi connectivity index (χ1) is 15.5. The molecule has 0 radical (unpaired) electrons. The number of esters is 1. The van der Waals surface area contributed by atoms with Crippen LogP contribution < -0.4 is 14.8 Å². The van der Waals surface area contributed by atoms with E-state index in [-0.39, 0.29) is 19.1 Å². The van der Waals surface area contributed by atoms with E-state index < -0.39 is 5.97 Å². The molecule has 0 aliphatic rings. The minimum absolute atomic E-state index is 0.172. The number of benzene rings is 2. The molecule has 0 unspecified atom stereocenters. The van der Waals surface area contributed by atoms with Crippen LogP contribution in [0.2, 0.25) is 0 Å². The van der Waals surface area contributed by atoms with Gasteiger partial charge in [-0.25, -0.2) is 4.79 Å². The summed E-state index contributed by atoms with van der Waals surface area (Å²) in [7, 11) is 1.58. The van der Waals surface area contributed by atoms with Gasteiger partial charge in [0.25, 0.3) is 5.91 Å². The van der Waals surface area contributed by atoms with E-state index in [0.717, 1.165) is 17.5 Å². The van der Waals surface area contributed by atoms with Crippen molar-refractivity contribution in [2.75, 3.05) is 25.6 Å². The van der Waals surface area contributed by atoms with E-state index >= 15 is 0 Å². The third-order valence-corrected chi connectivity index (χ3v) is 5.77. The highest BCUT2D eigenvalue weighted by atomic mass is 32.1. The molecule has 1 aromatic heterocycles. The van der Waals surface area contributed by atoms with Crippen LogP contribution in [0.5, 0.6) is 11.5 Å². The summed E-state index contributed by atoms with van der Waals surface area (Å²) in [5.74, 6) is 0.383. The number of thiophene rings is 1. The van der Waals surface area contributed by atoms with Crippen LogP contribution in [0.15, 0.2) is 47.8 Å². The van der Waals surface area contributed by atoms with Gasteiger partial charge in [0.05, 0.1) is 13.7 Å². The molecule has 6 nitrogen and oxygen atoms in total. The van der Waals surface area contributed by atoms with Crippen molar-refractivity contribution in [3.05, 3.63) is 64.5 Å². The number of carbonyl (C=O) groups excluding carboxylic acids is 2. The van der Waals surface area contributed by atoms with Gasteiger partial charge in [-0.15, -0.1) is 11.3 Å². The fourth-order valence-electron chi connectivity index (χ4n) is 3.22. The number of hydrogen-bond donors (Lipinski definition) is 1. The average molecular weight is 454 g/mol. The lowest BCUT2D eigenvalue weighted by Gasteiger charge is -2.12. The standard InChI is InChI=1S/C25H27NO5S/c1-5-17-8-10-18(11-9-17)31-14-22(27)26-24-23(25(28)30-6-2)20(15-32-24)19-13-16(3)7-12-21(19)29-4/h7-13,15H,5-6,14H2,1-4H3,(H,26,27). The molecule has 0 bridgehead atoms. The summed E-state index contributed by atoms with van der Waals surface area (Å²) in [5, 5.41) is 5.03. The third kappa shape index (κ3) is 5.48. The Morgan fingerprint density at radius 3 is 2.44 bits per heavy atom. The number of nitrogens with one attached hydrogen (secondary N) is 1. The number of hydrogen-bond acceptors (Lipinski definition) is 6. The van der Waals surface area contributed by atoms with Crippen molar-refractivity contribution in [3.8, 4) is 22.6 Å². The summed E-state index contributed by atoms with van der Waals surface area (Å²) in [4.78, 5) is 25.3. The van der Waals surface area contributed by atoms with Crippen LogP contribution >= 0.6 is 11.3 Å². The molecule has 0 spiro atoms. The molecule has 7 heteroatoms. The lowest BCUT2D eigenvalue weighted by Crippen LogP contribution is -2.21. The zero-order chi connectivity index (χ0) is 23.1. The second-order valence-corrected chi connectivity index (χ2v) is 7.99. The second-order valence-electron chi connectivity index (χ2n) is 7.11. The van der Waals surface area contributed by atoms with Crippen LogP contribution in [0, 0.1) is 6.92 Å². The van der Waals surface area contributed by atoms with Crippen LogP contribution in [0.4, 0.5) is 5.00 Å². The highest BCUT2D eigenvalue weighted by Gasteiger charge is 2.24. The van der Waals surface area contributed by atoms with Crippen LogP contribution in [0.25, 0.3) is 11.1 Å². The number of rotatable bonds is 9. The van der Waals surface area contributed by atoms with Gasteiger partial charge in [-0.3, -0.25) is 4.79 Å². The van der Waals surface area contributed by atoms with Gasteiger partial charge >= 0.3 is 5.97 Å². The topological polar surface area (TPSA) is 73.9 Å². The first-order valence-electron chi connectivity index (χ1n) is 10.4. The van der Waals surface area contributed by atoms with Gasteiger partial charge in [0, 0.05) is 16.5 Å². The molecule has 1 heterocycles. The Balaban J connectivity index is 1.84. The molecule has 0 aliphatic carbocycles. The number of amides is 1. The Morgan fingerprint density at radius 1 is 1.03 bits per heavy atom. The molecular formula is C25H27NO5S. The third-order valence-electron chi connectivity index (χ3n) is 4.87. The Labute approximate surface area is 192 Å². The van der Waals surface area contributed by atoms with Gasteiger partial charge in [0.2, 0.25) is 0 Å². The van der Waals surface area contributed by atoms with Gasteiger partial charge in [-0.05, 0) is 50.1 Å². The lowest BCUT2D eigenvalue weighted by atomic mass is 10.0. The summed E-state index contributed by atoms with van der Waals surface area (Å²) in [5.41, 5.74) is 3.94. The number of carbonyl (C=O) groups is 2. The molecule has 32 heavy (non-hydrogen) atoms. The summed E-state index contributed by atoms with van der Waals surface area (Å²) in [6.45, 7) is 5.84. The summed E-state index contributed by atoms with van der Waals surface area (Å²) in [6, 6.07) is 13.3. The number of ether oxygens (including phenoxy) is 3. The number of methoxy groups -OCH3 is 1. The number of aryl methyl sites for hydroxylation is 2. The van der Waals surface area contributed by atoms with Crippen LogP contribution in [0.1, 0.15) is 35.3 Å². The molecule has 1 amide bonds. The first-order valence-corrected chi connectivity index (χ1v) is 11.3. The van der Waals surface area contributed by atoms with Crippen molar-refractivity contribution in [2.24, 2.45) is 0 Å². The molecule has 1 N–H and O–H groups in total. The number of anilines is 1. The van der Waals surface area contributed by atoms with E-state index in [1.165, 1.54) is 16.9 Å². The van der Waals surface area contributed by atoms with Gasteiger partial charge in [-0.1, -0.05) is 30.7 Å². The molecule has 2 aromatic carbocycles. The van der Waals surface area contributed by atoms with Crippen molar-refractivity contribution in [3.63, 3.8) is 0 Å². The molecular weight excluding hydrogens is 426 g/mol. The fraction of sp³-hybridized carbons (Fsp3) is 0.280. The first kappa shape index (κ1) is 23.3. The molecule has 3 aromatic rings. The summed E-state index contributed by atoms with van der Waals surface area (Å²) in [6.07, 6.45) is 0.934. The van der Waals surface area contributed by atoms with Crippen molar-refractivity contribution in [1.82, 2.24) is 0 Å². The van der Waals surface area contributed by atoms with Crippen LogP contribution in [0.3, 0.4) is 0 Å². The van der Waals surface area contributed by atoms with Crippen molar-refractivity contribution >= 4 is 28.2 Å². The van der Waals surface area contributed by atoms with Crippen LogP contribution in [-0.4, -0.2) is 32.2 Å². The van der Waals surface area contributed by atoms with Crippen molar-refractivity contribution < 1.29 is 23.8 Å². The predicted molar refractivity (Wildman–Crippen MR) is 127 cm³/mol. The van der Waals surface area contributed by atoms with E-state index in [0.29, 0.717) is 27.6 Å². The Hall–Kier alpha value is -3.32. The van der Waals surface area contributed by atoms with Crippen LogP contribution in [-0.2, 0) is 16.0 Å². The van der Waals surface area contributed by atoms with E-state index in [4.69, 9.17) is 14.2 Å². The molecule has 0 fully saturated rings. The van der Waals surface area contributed by atoms with Crippen molar-refractivity contribution in [2.45, 2.75) is 27.2 Å². The smallest absolute Gasteiger partial charge is 0.341 e. The molecule has 0 atom stereocenters. The van der Waals surface area contributed by atoms with E-state index in [9.17, 15) is 9.59 Å². The zero-order valence-corrected chi connectivity index (χ0v) is 19.5. The quantitative estimate of drug-likeness (QED) is 0.434. The maximum Gasteiger partial charge on any atom is 0.341 e. The van der Waals surface area contributed by atoms with E-state index in [1.54, 1.807) is 14.0 Å². The maximum absolute atomic E-state index is 12.8. The lowest BCUT2D eigenvalue weighted by molar-refractivity contribution is -0.118. The second kappa shape index (κ2) is 10.8. The van der Waals surface area contributed by atoms with Gasteiger partial charge < -0.3 is 19.5 Å². The SMILES string of the molecule is CCOC(=O)c1c(-c2cc(C)ccc2OC)csc1NC(=O)COc1ccc(CC)cc1. The Kier molecular flexibility index (Phi) is 7.89. The average Bonchev–Trinajstić information content (AvgIpc) is 3.21. The molecule has 0 saturated carbocycles. The largest absolute Gasteiger partial charge is 0.496 e. The minimum atomic E-state index is -0.501. The predicted octanol–water partition coefficient (Wildman–Crippen LogP) is 5.49. The maximum atomic E-state index is 12.8. The van der Waals surface area contributed by atoms with Gasteiger partial charge in [0.1, 0.15) is 22.1 Å². The highest BCUT2D eigenvalue weighted by Crippen LogP contribution is 2.40. The molecule has 0 saturated heterocycles. The molecule has 0 aliphatic heterocycles. The normalized spacial score (nSPS) is 10.5. The van der Waals surface area contributed by atoms with Crippen molar-refractivity contribution in [1.29, 1.82) is 0 Å². The van der Waals surface area contributed by atoms with Gasteiger partial charge in [0.15, 0.2) is 6.61 Å². The molecule has 3 rings (SSSR count). The zero-order valence-electron chi connectivity index (χ0n) is 18.7.